The molecule has 13 heteroatoms. The Morgan fingerprint density at radius 3 is 2.47 bits per heavy atom. The number of carbonyl (C=O) groups is 1. The Balaban J connectivity index is 1.51. The van der Waals surface area contributed by atoms with Gasteiger partial charge in [0.15, 0.2) is 11.5 Å². The number of H-pyrrole nitrogens is 1. The first-order chi connectivity index (χ1) is 16.1. The summed E-state index contributed by atoms with van der Waals surface area (Å²) in [5.41, 5.74) is -0.261. The molecule has 5 rings (SSSR count). The van der Waals surface area contributed by atoms with Gasteiger partial charge in [0.05, 0.1) is 23.0 Å². The van der Waals surface area contributed by atoms with Crippen LogP contribution >= 0.6 is 0 Å². The first kappa shape index (κ1) is 21.9. The number of fused-ring (bicyclic) bond motifs is 1. The number of piperidine rings is 1. The number of hydrogen-bond donors (Lipinski definition) is 1. The van der Waals surface area contributed by atoms with E-state index in [9.17, 15) is 26.7 Å². The Hall–Kier alpha value is -3.90. The molecular formula is C21H16F5N7O. The molecule has 0 spiro atoms. The van der Waals surface area contributed by atoms with Crippen molar-refractivity contribution in [2.24, 2.45) is 0 Å². The summed E-state index contributed by atoms with van der Waals surface area (Å²) in [6, 6.07) is 4.83. The topological polar surface area (TPSA) is 92.6 Å². The van der Waals surface area contributed by atoms with Crippen molar-refractivity contribution in [2.45, 2.75) is 24.9 Å². The summed E-state index contributed by atoms with van der Waals surface area (Å²) < 4.78 is 68.6. The van der Waals surface area contributed by atoms with Crippen molar-refractivity contribution < 1.29 is 26.7 Å². The smallest absolute Gasteiger partial charge is 0.338 e. The molecule has 0 unspecified atom stereocenters. The molecule has 8 nitrogen and oxygen atoms in total. The molecule has 1 aliphatic rings. The van der Waals surface area contributed by atoms with Gasteiger partial charge in [-0.05, 0) is 24.3 Å². The van der Waals surface area contributed by atoms with Crippen molar-refractivity contribution >= 4 is 16.9 Å². The number of amides is 1. The van der Waals surface area contributed by atoms with Gasteiger partial charge in [0.1, 0.15) is 6.33 Å². The lowest BCUT2D eigenvalue weighted by molar-refractivity contribution is -0.137. The van der Waals surface area contributed by atoms with E-state index >= 15 is 0 Å². The second-order valence-electron chi connectivity index (χ2n) is 7.94. The molecule has 0 bridgehead atoms. The predicted molar refractivity (Wildman–Crippen MR) is 109 cm³/mol. The first-order valence-electron chi connectivity index (χ1n) is 10.2. The van der Waals surface area contributed by atoms with E-state index < -0.39 is 36.4 Å². The van der Waals surface area contributed by atoms with E-state index in [1.807, 2.05) is 0 Å². The maximum absolute atomic E-state index is 13.5. The second-order valence-corrected chi connectivity index (χ2v) is 7.94. The number of aromatic amines is 1. The van der Waals surface area contributed by atoms with Crippen molar-refractivity contribution in [2.75, 3.05) is 13.1 Å². The Kier molecular flexibility index (Phi) is 5.06. The van der Waals surface area contributed by atoms with Gasteiger partial charge >= 0.3 is 6.18 Å². The molecule has 1 N–H and O–H groups in total. The van der Waals surface area contributed by atoms with E-state index in [0.717, 1.165) is 12.1 Å². The number of carbonyl (C=O) groups excluding carboxylic acids is 1. The highest BCUT2D eigenvalue weighted by Crippen LogP contribution is 2.34. The number of pyridine rings is 1. The maximum atomic E-state index is 13.5. The summed E-state index contributed by atoms with van der Waals surface area (Å²) in [4.78, 5) is 22.2. The van der Waals surface area contributed by atoms with E-state index in [4.69, 9.17) is 0 Å². The highest BCUT2D eigenvalue weighted by molar-refractivity contribution is 5.97. The van der Waals surface area contributed by atoms with E-state index in [1.54, 1.807) is 0 Å². The molecule has 1 aliphatic heterocycles. The van der Waals surface area contributed by atoms with Crippen LogP contribution in [0.3, 0.4) is 0 Å². The standard InChI is InChI=1S/C21H16F5N7O/c22-20(23)1-3-32(4-2-20)19(34)14-5-13-10-30-33(18(13)27-9-14)16-7-12(17-28-11-29-31-17)6-15(8-16)21(24,25)26/h5-11H,1-4H2,(H,28,29,31). The lowest BCUT2D eigenvalue weighted by Crippen LogP contribution is -2.42. The lowest BCUT2D eigenvalue weighted by atomic mass is 10.1. The van der Waals surface area contributed by atoms with Crippen LogP contribution in [-0.4, -0.2) is 59.8 Å². The number of rotatable bonds is 3. The summed E-state index contributed by atoms with van der Waals surface area (Å²) in [7, 11) is 0. The maximum Gasteiger partial charge on any atom is 0.416 e. The molecule has 1 amide bonds. The largest absolute Gasteiger partial charge is 0.416 e. The molecule has 4 heterocycles. The van der Waals surface area contributed by atoms with Crippen molar-refractivity contribution in [1.82, 2.24) is 34.8 Å². The monoisotopic (exact) mass is 477 g/mol. The summed E-state index contributed by atoms with van der Waals surface area (Å²) in [5, 5.41) is 10.8. The number of nitrogens with one attached hydrogen (secondary N) is 1. The molecule has 0 aliphatic carbocycles. The van der Waals surface area contributed by atoms with E-state index in [2.05, 4.69) is 25.3 Å². The predicted octanol–water partition coefficient (Wildman–Crippen LogP) is 4.10. The van der Waals surface area contributed by atoms with Gasteiger partial charge in [-0.3, -0.25) is 9.89 Å². The molecule has 34 heavy (non-hydrogen) atoms. The number of benzene rings is 1. The summed E-state index contributed by atoms with van der Waals surface area (Å²) >= 11 is 0. The van der Waals surface area contributed by atoms with Crippen molar-refractivity contribution in [3.8, 4) is 17.1 Å². The van der Waals surface area contributed by atoms with Crippen LogP contribution in [0.4, 0.5) is 22.0 Å². The van der Waals surface area contributed by atoms with Crippen LogP contribution in [0, 0.1) is 0 Å². The van der Waals surface area contributed by atoms with E-state index in [1.165, 1.54) is 40.4 Å². The van der Waals surface area contributed by atoms with Gasteiger partial charge in [0.2, 0.25) is 0 Å². The summed E-state index contributed by atoms with van der Waals surface area (Å²) in [6.07, 6.45) is -1.61. The molecule has 1 aromatic carbocycles. The molecule has 4 aromatic rings. The van der Waals surface area contributed by atoms with E-state index in [0.29, 0.717) is 5.39 Å². The van der Waals surface area contributed by atoms with Gasteiger partial charge in [-0.25, -0.2) is 23.4 Å². The third-order valence-corrected chi connectivity index (χ3v) is 5.62. The minimum Gasteiger partial charge on any atom is -0.338 e. The third-order valence-electron chi connectivity index (χ3n) is 5.62. The summed E-state index contributed by atoms with van der Waals surface area (Å²) in [6.45, 7) is -0.143. The molecule has 0 radical (unpaired) electrons. The Labute approximate surface area is 188 Å². The molecule has 176 valence electrons. The van der Waals surface area contributed by atoms with Gasteiger partial charge in [-0.15, -0.1) is 0 Å². The fourth-order valence-electron chi connectivity index (χ4n) is 3.83. The number of halogens is 5. The van der Waals surface area contributed by atoms with Gasteiger partial charge in [0, 0.05) is 43.1 Å². The van der Waals surface area contributed by atoms with Gasteiger partial charge in [0.25, 0.3) is 11.8 Å². The minimum absolute atomic E-state index is 0.0716. The van der Waals surface area contributed by atoms with Gasteiger partial charge < -0.3 is 4.90 Å². The SMILES string of the molecule is O=C(c1cnc2c(cnn2-c2cc(-c3ncn[nH]3)cc(C(F)(F)F)c2)c1)N1CCC(F)(F)CC1. The molecule has 3 aromatic heterocycles. The minimum atomic E-state index is -4.62. The highest BCUT2D eigenvalue weighted by atomic mass is 19.4. The average Bonchev–Trinajstić information content (AvgIpc) is 3.47. The Morgan fingerprint density at radius 2 is 1.79 bits per heavy atom. The van der Waals surface area contributed by atoms with Gasteiger partial charge in [-0.1, -0.05) is 0 Å². The van der Waals surface area contributed by atoms with Crippen LogP contribution in [0.5, 0.6) is 0 Å². The molecule has 0 atom stereocenters. The number of nitrogens with zero attached hydrogens (tertiary/aromatic N) is 6. The quantitative estimate of drug-likeness (QED) is 0.449. The number of hydrogen-bond acceptors (Lipinski definition) is 5. The third kappa shape index (κ3) is 4.08. The molecule has 0 saturated carbocycles. The van der Waals surface area contributed by atoms with Crippen LogP contribution in [0.25, 0.3) is 28.1 Å². The zero-order valence-corrected chi connectivity index (χ0v) is 17.4. The van der Waals surface area contributed by atoms with Crippen LogP contribution < -0.4 is 0 Å². The van der Waals surface area contributed by atoms with Crippen molar-refractivity contribution in [3.05, 3.63) is 54.1 Å². The number of alkyl halides is 5. The van der Waals surface area contributed by atoms with Crippen LogP contribution in [0.2, 0.25) is 0 Å². The van der Waals surface area contributed by atoms with Gasteiger partial charge in [-0.2, -0.15) is 23.4 Å². The number of likely N-dealkylation sites (tertiary alicyclic amines) is 1. The lowest BCUT2D eigenvalue weighted by Gasteiger charge is -2.31. The fraction of sp³-hybridized carbons (Fsp3) is 0.286. The van der Waals surface area contributed by atoms with E-state index in [-0.39, 0.29) is 41.4 Å². The molecule has 1 saturated heterocycles. The van der Waals surface area contributed by atoms with Crippen molar-refractivity contribution in [1.29, 1.82) is 0 Å². The summed E-state index contributed by atoms with van der Waals surface area (Å²) in [5.74, 6) is -3.07. The first-order valence-corrected chi connectivity index (χ1v) is 10.2. The zero-order chi connectivity index (χ0) is 24.1. The molecule has 1 fully saturated rings. The van der Waals surface area contributed by atoms with Crippen LogP contribution in [-0.2, 0) is 6.18 Å². The normalized spacial score (nSPS) is 16.2. The second kappa shape index (κ2) is 7.85. The average molecular weight is 477 g/mol. The van der Waals surface area contributed by atoms with Crippen LogP contribution in [0.15, 0.2) is 43.0 Å². The van der Waals surface area contributed by atoms with Crippen LogP contribution in [0.1, 0.15) is 28.8 Å². The fourth-order valence-corrected chi connectivity index (χ4v) is 3.83. The molecular weight excluding hydrogens is 461 g/mol. The van der Waals surface area contributed by atoms with Crippen molar-refractivity contribution in [3.63, 3.8) is 0 Å². The highest BCUT2D eigenvalue weighted by Gasteiger charge is 2.36. The Morgan fingerprint density at radius 1 is 1.03 bits per heavy atom. The zero-order valence-electron chi connectivity index (χ0n) is 17.4. The Bertz CT molecular complexity index is 1350. The number of aromatic nitrogens is 6.